The first-order valence-electron chi connectivity index (χ1n) is 10.5. The Labute approximate surface area is 174 Å². The van der Waals surface area contributed by atoms with Crippen molar-refractivity contribution in [2.45, 2.75) is 78.2 Å². The van der Waals surface area contributed by atoms with E-state index in [0.717, 1.165) is 11.3 Å². The van der Waals surface area contributed by atoms with E-state index in [4.69, 9.17) is 14.2 Å². The van der Waals surface area contributed by atoms with Crippen LogP contribution in [-0.2, 0) is 14.3 Å². The predicted molar refractivity (Wildman–Crippen MR) is 112 cm³/mol. The molecule has 1 aromatic rings. The second-order valence-corrected chi connectivity index (χ2v) is 9.00. The van der Waals surface area contributed by atoms with Gasteiger partial charge in [-0.2, -0.15) is 0 Å². The van der Waals surface area contributed by atoms with Crippen LogP contribution in [-0.4, -0.2) is 31.0 Å². The van der Waals surface area contributed by atoms with Crippen LogP contribution in [0.15, 0.2) is 18.2 Å². The van der Waals surface area contributed by atoms with Gasteiger partial charge in [0, 0.05) is 6.54 Å². The fraction of sp³-hybridized carbons (Fsp3) is 0.652. The van der Waals surface area contributed by atoms with Gasteiger partial charge >= 0.3 is 12.1 Å². The van der Waals surface area contributed by atoms with Crippen molar-refractivity contribution in [1.29, 1.82) is 0 Å². The molecular formula is C23H35NO5. The van der Waals surface area contributed by atoms with Gasteiger partial charge in [-0.25, -0.2) is 4.79 Å². The van der Waals surface area contributed by atoms with Gasteiger partial charge < -0.3 is 19.5 Å². The molecule has 1 unspecified atom stereocenters. The van der Waals surface area contributed by atoms with E-state index in [0.29, 0.717) is 17.8 Å². The fourth-order valence-corrected chi connectivity index (χ4v) is 3.21. The maximum Gasteiger partial charge on any atom is 0.407 e. The van der Waals surface area contributed by atoms with Crippen molar-refractivity contribution >= 4 is 12.1 Å². The number of carbonyl (C=O) groups is 2. The largest absolute Gasteiger partial charge is 0.457 e. The molecule has 0 aromatic heterocycles. The van der Waals surface area contributed by atoms with E-state index in [1.165, 1.54) is 18.4 Å². The zero-order chi connectivity index (χ0) is 21.6. The number of carbonyl (C=O) groups excluding carboxylic acids is 2. The van der Waals surface area contributed by atoms with Crippen molar-refractivity contribution in [3.63, 3.8) is 0 Å². The van der Waals surface area contributed by atoms with Crippen molar-refractivity contribution < 1.29 is 23.8 Å². The van der Waals surface area contributed by atoms with Crippen LogP contribution in [0.3, 0.4) is 0 Å². The molecule has 1 aliphatic carbocycles. The summed E-state index contributed by atoms with van der Waals surface area (Å²) in [6.45, 7) is 11.9. The van der Waals surface area contributed by atoms with Crippen molar-refractivity contribution in [2.75, 3.05) is 13.3 Å². The number of rotatable bonds is 9. The summed E-state index contributed by atoms with van der Waals surface area (Å²) in [5, 5.41) is 2.54. The Morgan fingerprint density at radius 3 is 2.38 bits per heavy atom. The lowest BCUT2D eigenvalue weighted by Gasteiger charge is -2.21. The highest BCUT2D eigenvalue weighted by Gasteiger charge is 2.31. The number of esters is 1. The monoisotopic (exact) mass is 405 g/mol. The summed E-state index contributed by atoms with van der Waals surface area (Å²) in [5.74, 6) is 1.85. The number of hydrogen-bond acceptors (Lipinski definition) is 5. The molecule has 6 nitrogen and oxygen atoms in total. The van der Waals surface area contributed by atoms with Gasteiger partial charge in [-0.3, -0.25) is 4.79 Å². The lowest BCUT2D eigenvalue weighted by atomic mass is 9.90. The molecule has 1 amide bonds. The Hall–Kier alpha value is -2.24. The fourth-order valence-electron chi connectivity index (χ4n) is 3.21. The first-order chi connectivity index (χ1) is 13.6. The molecule has 162 valence electrons. The van der Waals surface area contributed by atoms with Crippen molar-refractivity contribution in [3.8, 4) is 5.75 Å². The second-order valence-electron chi connectivity index (χ2n) is 9.00. The van der Waals surface area contributed by atoms with Gasteiger partial charge in [0.05, 0.1) is 6.42 Å². The molecule has 1 aliphatic rings. The Balaban J connectivity index is 1.85. The van der Waals surface area contributed by atoms with E-state index in [9.17, 15) is 9.59 Å². The zero-order valence-electron chi connectivity index (χ0n) is 18.5. The number of ether oxygens (including phenoxy) is 3. The molecule has 0 radical (unpaired) electrons. The highest BCUT2D eigenvalue weighted by molar-refractivity contribution is 5.71. The van der Waals surface area contributed by atoms with Crippen LogP contribution in [0.1, 0.15) is 83.8 Å². The van der Waals surface area contributed by atoms with Crippen molar-refractivity contribution in [3.05, 3.63) is 29.3 Å². The topological polar surface area (TPSA) is 73.9 Å². The van der Waals surface area contributed by atoms with Gasteiger partial charge in [0.15, 0.2) is 0 Å². The average Bonchev–Trinajstić information content (AvgIpc) is 3.44. The molecule has 1 saturated carbocycles. The van der Waals surface area contributed by atoms with E-state index in [1.54, 1.807) is 20.8 Å². The van der Waals surface area contributed by atoms with Crippen LogP contribution >= 0.6 is 0 Å². The molecule has 1 N–H and O–H groups in total. The van der Waals surface area contributed by atoms with Gasteiger partial charge in [-0.15, -0.1) is 0 Å². The summed E-state index contributed by atoms with van der Waals surface area (Å²) in [5.41, 5.74) is 1.73. The van der Waals surface area contributed by atoms with Crippen LogP contribution in [0.2, 0.25) is 0 Å². The molecule has 29 heavy (non-hydrogen) atoms. The third kappa shape index (κ3) is 7.59. The van der Waals surface area contributed by atoms with E-state index in [-0.39, 0.29) is 19.8 Å². The van der Waals surface area contributed by atoms with Crippen LogP contribution in [0, 0.1) is 5.92 Å². The highest BCUT2D eigenvalue weighted by Crippen LogP contribution is 2.46. The molecule has 1 atom stereocenters. The van der Waals surface area contributed by atoms with E-state index in [2.05, 4.69) is 44.3 Å². The summed E-state index contributed by atoms with van der Waals surface area (Å²) in [7, 11) is 0. The van der Waals surface area contributed by atoms with E-state index in [1.807, 2.05) is 0 Å². The van der Waals surface area contributed by atoms with Gasteiger partial charge in [-0.1, -0.05) is 39.0 Å². The Bertz CT molecular complexity index is 704. The van der Waals surface area contributed by atoms with Gasteiger partial charge in [0.1, 0.15) is 11.4 Å². The van der Waals surface area contributed by atoms with Gasteiger partial charge in [0.25, 0.3) is 0 Å². The molecule has 2 rings (SSSR count). The highest BCUT2D eigenvalue weighted by atomic mass is 16.7. The quantitative estimate of drug-likeness (QED) is 0.456. The molecule has 6 heteroatoms. The minimum atomic E-state index is -0.572. The Kier molecular flexibility index (Phi) is 7.94. The maximum atomic E-state index is 12.0. The third-order valence-corrected chi connectivity index (χ3v) is 4.94. The number of para-hydroxylation sites is 1. The molecular weight excluding hydrogens is 370 g/mol. The smallest absolute Gasteiger partial charge is 0.407 e. The van der Waals surface area contributed by atoms with Crippen LogP contribution in [0.5, 0.6) is 5.75 Å². The van der Waals surface area contributed by atoms with E-state index >= 15 is 0 Å². The standard InChI is InChI=1S/C23H35NO5/c1-15(2)18-8-7-9-19(16(3)17-10-11-17)21(18)28-14-27-20(25)12-13-24-22(26)29-23(4,5)6/h7-9,15-17H,10-14H2,1-6H3,(H,24,26). The SMILES string of the molecule is CC(C)c1cccc(C(C)C2CC2)c1OCOC(=O)CCNC(=O)OC(C)(C)C. The molecule has 0 aliphatic heterocycles. The number of nitrogens with one attached hydrogen (secondary N) is 1. The number of amides is 1. The predicted octanol–water partition coefficient (Wildman–Crippen LogP) is 5.12. The summed E-state index contributed by atoms with van der Waals surface area (Å²) < 4.78 is 16.3. The lowest BCUT2D eigenvalue weighted by Crippen LogP contribution is -2.33. The van der Waals surface area contributed by atoms with Gasteiger partial charge in [-0.05, 0) is 62.5 Å². The molecule has 1 aromatic carbocycles. The van der Waals surface area contributed by atoms with Crippen molar-refractivity contribution in [2.24, 2.45) is 5.92 Å². The van der Waals surface area contributed by atoms with E-state index < -0.39 is 17.7 Å². The maximum absolute atomic E-state index is 12.0. The minimum Gasteiger partial charge on any atom is -0.457 e. The normalized spacial score (nSPS) is 15.0. The Morgan fingerprint density at radius 2 is 1.79 bits per heavy atom. The average molecular weight is 406 g/mol. The minimum absolute atomic E-state index is 0.0553. The molecule has 0 spiro atoms. The van der Waals surface area contributed by atoms with Crippen LogP contribution in [0.4, 0.5) is 4.79 Å². The number of hydrogen-bond donors (Lipinski definition) is 1. The lowest BCUT2D eigenvalue weighted by molar-refractivity contribution is -0.150. The zero-order valence-corrected chi connectivity index (χ0v) is 18.5. The summed E-state index contributed by atoms with van der Waals surface area (Å²) in [6.07, 6.45) is 2.02. The summed E-state index contributed by atoms with van der Waals surface area (Å²) >= 11 is 0. The summed E-state index contributed by atoms with van der Waals surface area (Å²) in [6, 6.07) is 6.25. The van der Waals surface area contributed by atoms with Crippen LogP contribution in [0.25, 0.3) is 0 Å². The first-order valence-corrected chi connectivity index (χ1v) is 10.5. The summed E-state index contributed by atoms with van der Waals surface area (Å²) in [4.78, 5) is 23.6. The van der Waals surface area contributed by atoms with Crippen LogP contribution < -0.4 is 10.1 Å². The number of benzene rings is 1. The van der Waals surface area contributed by atoms with Gasteiger partial charge in [0.2, 0.25) is 6.79 Å². The first kappa shape index (κ1) is 23.0. The third-order valence-electron chi connectivity index (χ3n) is 4.94. The molecule has 0 saturated heterocycles. The number of alkyl carbamates (subject to hydrolysis) is 1. The second kappa shape index (κ2) is 9.99. The molecule has 1 fully saturated rings. The molecule has 0 bridgehead atoms. The Morgan fingerprint density at radius 1 is 1.14 bits per heavy atom. The molecule has 0 heterocycles. The van der Waals surface area contributed by atoms with Crippen molar-refractivity contribution in [1.82, 2.24) is 5.32 Å².